The van der Waals surface area contributed by atoms with Crippen molar-refractivity contribution < 1.29 is 5.11 Å². The summed E-state index contributed by atoms with van der Waals surface area (Å²) in [5.41, 5.74) is 1.22. The van der Waals surface area contributed by atoms with Crippen LogP contribution in [-0.4, -0.2) is 29.3 Å². The predicted octanol–water partition coefficient (Wildman–Crippen LogP) is 1.99. The number of hydrogen-bond donors (Lipinski definition) is 1. The topological polar surface area (TPSA) is 36.4 Å². The van der Waals surface area contributed by atoms with Gasteiger partial charge in [-0.3, -0.25) is 0 Å². The molecular weight excluding hydrogens is 188 g/mol. The molecule has 0 aliphatic heterocycles. The number of aliphatic hydroxyl groups excluding tert-OH is 1. The van der Waals surface area contributed by atoms with E-state index in [2.05, 4.69) is 36.7 Å². The minimum absolute atomic E-state index is 0.231. The minimum Gasteiger partial charge on any atom is -0.396 e. The van der Waals surface area contributed by atoms with Gasteiger partial charge in [0.2, 0.25) is 0 Å². The van der Waals surface area contributed by atoms with E-state index in [9.17, 15) is 0 Å². The summed E-state index contributed by atoms with van der Waals surface area (Å²) in [6.07, 6.45) is 2.62. The van der Waals surface area contributed by atoms with Gasteiger partial charge in [-0.15, -0.1) is 0 Å². The van der Waals surface area contributed by atoms with E-state index in [0.29, 0.717) is 6.04 Å². The van der Waals surface area contributed by atoms with Crippen LogP contribution >= 0.6 is 0 Å². The van der Waals surface area contributed by atoms with Crippen LogP contribution in [0, 0.1) is 6.92 Å². The molecule has 0 unspecified atom stereocenters. The first-order valence-electron chi connectivity index (χ1n) is 5.45. The number of pyridine rings is 1. The number of rotatable bonds is 5. The molecule has 0 fully saturated rings. The molecule has 0 amide bonds. The summed E-state index contributed by atoms with van der Waals surface area (Å²) in [6.45, 7) is 7.43. The fourth-order valence-corrected chi connectivity index (χ4v) is 1.56. The molecule has 84 valence electrons. The summed E-state index contributed by atoms with van der Waals surface area (Å²) in [5.74, 6) is 0.999. The van der Waals surface area contributed by atoms with Crippen molar-refractivity contribution in [2.75, 3.05) is 18.1 Å². The summed E-state index contributed by atoms with van der Waals surface area (Å²) < 4.78 is 0. The lowest BCUT2D eigenvalue weighted by atomic mass is 10.2. The Morgan fingerprint density at radius 2 is 2.20 bits per heavy atom. The molecule has 0 saturated heterocycles. The monoisotopic (exact) mass is 208 g/mol. The average molecular weight is 208 g/mol. The average Bonchev–Trinajstić information content (AvgIpc) is 2.18. The summed E-state index contributed by atoms with van der Waals surface area (Å²) in [6, 6.07) is 4.48. The van der Waals surface area contributed by atoms with Crippen LogP contribution in [0.2, 0.25) is 0 Å². The van der Waals surface area contributed by atoms with Gasteiger partial charge in [-0.05, 0) is 44.9 Å². The molecule has 1 aromatic rings. The molecule has 0 saturated carbocycles. The molecule has 1 N–H and O–H groups in total. The second-order valence-corrected chi connectivity index (χ2v) is 4.06. The van der Waals surface area contributed by atoms with Gasteiger partial charge < -0.3 is 10.0 Å². The molecule has 1 aromatic heterocycles. The van der Waals surface area contributed by atoms with Gasteiger partial charge in [0, 0.05) is 25.4 Å². The first-order chi connectivity index (χ1) is 7.15. The zero-order valence-corrected chi connectivity index (χ0v) is 9.77. The van der Waals surface area contributed by atoms with Crippen molar-refractivity contribution in [2.24, 2.45) is 0 Å². The normalized spacial score (nSPS) is 10.7. The number of hydrogen-bond acceptors (Lipinski definition) is 3. The molecule has 3 heteroatoms. The molecule has 0 atom stereocenters. The maximum Gasteiger partial charge on any atom is 0.128 e. The summed E-state index contributed by atoms with van der Waals surface area (Å²) in [5, 5.41) is 8.85. The number of anilines is 1. The van der Waals surface area contributed by atoms with Gasteiger partial charge >= 0.3 is 0 Å². The number of aromatic nitrogens is 1. The number of nitrogens with zero attached hydrogens (tertiary/aromatic N) is 2. The quantitative estimate of drug-likeness (QED) is 0.804. The van der Waals surface area contributed by atoms with Crippen molar-refractivity contribution in [2.45, 2.75) is 33.2 Å². The van der Waals surface area contributed by atoms with E-state index in [1.54, 1.807) is 0 Å². The molecular formula is C12H20N2O. The fraction of sp³-hybridized carbons (Fsp3) is 0.583. The number of aliphatic hydroxyl groups is 1. The minimum atomic E-state index is 0.231. The zero-order valence-electron chi connectivity index (χ0n) is 9.77. The van der Waals surface area contributed by atoms with Gasteiger partial charge in [-0.2, -0.15) is 0 Å². The maximum absolute atomic E-state index is 8.85. The Morgan fingerprint density at radius 1 is 1.47 bits per heavy atom. The van der Waals surface area contributed by atoms with E-state index in [0.717, 1.165) is 18.8 Å². The first kappa shape index (κ1) is 12.0. The van der Waals surface area contributed by atoms with Gasteiger partial charge in [-0.1, -0.05) is 0 Å². The van der Waals surface area contributed by atoms with Crippen LogP contribution in [0.3, 0.4) is 0 Å². The Bertz CT molecular complexity index is 299. The molecule has 0 aromatic carbocycles. The third kappa shape index (κ3) is 3.51. The molecule has 1 heterocycles. The van der Waals surface area contributed by atoms with E-state index < -0.39 is 0 Å². The second-order valence-electron chi connectivity index (χ2n) is 4.06. The molecule has 0 aliphatic carbocycles. The van der Waals surface area contributed by atoms with Gasteiger partial charge in [-0.25, -0.2) is 4.98 Å². The lowest BCUT2D eigenvalue weighted by Gasteiger charge is -2.27. The molecule has 3 nitrogen and oxygen atoms in total. The molecule has 0 radical (unpaired) electrons. The van der Waals surface area contributed by atoms with Crippen molar-refractivity contribution in [1.82, 2.24) is 4.98 Å². The highest BCUT2D eigenvalue weighted by Crippen LogP contribution is 2.15. The van der Waals surface area contributed by atoms with E-state index >= 15 is 0 Å². The highest BCUT2D eigenvalue weighted by molar-refractivity contribution is 5.41. The van der Waals surface area contributed by atoms with E-state index in [1.807, 2.05) is 12.3 Å². The number of aryl methyl sites for hydroxylation is 1. The van der Waals surface area contributed by atoms with Crippen molar-refractivity contribution in [3.8, 4) is 0 Å². The second kappa shape index (κ2) is 5.71. The van der Waals surface area contributed by atoms with Crippen LogP contribution in [0.5, 0.6) is 0 Å². The molecule has 1 rings (SSSR count). The molecule has 0 aliphatic rings. The largest absolute Gasteiger partial charge is 0.396 e. The lowest BCUT2D eigenvalue weighted by Crippen LogP contribution is -2.32. The first-order valence-corrected chi connectivity index (χ1v) is 5.45. The van der Waals surface area contributed by atoms with Gasteiger partial charge in [0.05, 0.1) is 0 Å². The summed E-state index contributed by atoms with van der Waals surface area (Å²) in [4.78, 5) is 6.57. The third-order valence-electron chi connectivity index (χ3n) is 2.38. The third-order valence-corrected chi connectivity index (χ3v) is 2.38. The van der Waals surface area contributed by atoms with Crippen LogP contribution < -0.4 is 4.90 Å². The van der Waals surface area contributed by atoms with E-state index in [-0.39, 0.29) is 6.61 Å². The summed E-state index contributed by atoms with van der Waals surface area (Å²) in [7, 11) is 0. The van der Waals surface area contributed by atoms with Crippen LogP contribution in [0.15, 0.2) is 18.3 Å². The highest BCUT2D eigenvalue weighted by Gasteiger charge is 2.10. The standard InChI is InChI=1S/C12H20N2O/c1-10(2)14(7-4-8-15)12-9-11(3)5-6-13-12/h5-6,9-10,15H,4,7-8H2,1-3H3. The van der Waals surface area contributed by atoms with Gasteiger partial charge in [0.1, 0.15) is 5.82 Å². The van der Waals surface area contributed by atoms with Crippen molar-refractivity contribution in [3.05, 3.63) is 23.9 Å². The lowest BCUT2D eigenvalue weighted by molar-refractivity contribution is 0.288. The van der Waals surface area contributed by atoms with Crippen LogP contribution in [0.1, 0.15) is 25.8 Å². The molecule has 15 heavy (non-hydrogen) atoms. The maximum atomic E-state index is 8.85. The zero-order chi connectivity index (χ0) is 11.3. The Kier molecular flexibility index (Phi) is 4.56. The van der Waals surface area contributed by atoms with Gasteiger partial charge in [0.15, 0.2) is 0 Å². The smallest absolute Gasteiger partial charge is 0.128 e. The Labute approximate surface area is 91.8 Å². The SMILES string of the molecule is Cc1ccnc(N(CCCO)C(C)C)c1. The van der Waals surface area contributed by atoms with Gasteiger partial charge in [0.25, 0.3) is 0 Å². The Morgan fingerprint density at radius 3 is 2.73 bits per heavy atom. The van der Waals surface area contributed by atoms with Crippen LogP contribution in [0.4, 0.5) is 5.82 Å². The van der Waals surface area contributed by atoms with Crippen molar-refractivity contribution >= 4 is 5.82 Å². The summed E-state index contributed by atoms with van der Waals surface area (Å²) >= 11 is 0. The highest BCUT2D eigenvalue weighted by atomic mass is 16.3. The Balaban J connectivity index is 2.79. The van der Waals surface area contributed by atoms with Crippen molar-refractivity contribution in [1.29, 1.82) is 0 Å². The van der Waals surface area contributed by atoms with Crippen molar-refractivity contribution in [3.63, 3.8) is 0 Å². The Hall–Kier alpha value is -1.09. The fourth-order valence-electron chi connectivity index (χ4n) is 1.56. The molecule has 0 bridgehead atoms. The predicted molar refractivity (Wildman–Crippen MR) is 63.2 cm³/mol. The van der Waals surface area contributed by atoms with E-state index in [1.165, 1.54) is 5.56 Å². The van der Waals surface area contributed by atoms with E-state index in [4.69, 9.17) is 5.11 Å². The van der Waals surface area contributed by atoms with Crippen LogP contribution in [0.25, 0.3) is 0 Å². The molecule has 0 spiro atoms. The van der Waals surface area contributed by atoms with Crippen LogP contribution in [-0.2, 0) is 0 Å².